The highest BCUT2D eigenvalue weighted by atomic mass is 16.7. The van der Waals surface area contributed by atoms with Gasteiger partial charge in [-0.25, -0.2) is 0 Å². The molecule has 0 aromatic carbocycles. The van der Waals surface area contributed by atoms with Crippen LogP contribution in [0.15, 0.2) is 0 Å². The molecule has 0 fully saturated rings. The van der Waals surface area contributed by atoms with Crippen molar-refractivity contribution < 1.29 is 19.3 Å². The molecule has 0 radical (unpaired) electrons. The van der Waals surface area contributed by atoms with Crippen LogP contribution in [-0.4, -0.2) is 11.9 Å². The normalized spacial score (nSPS) is 10.0. The second-order valence-electron chi connectivity index (χ2n) is 3.95. The summed E-state index contributed by atoms with van der Waals surface area (Å²) in [5.74, 6) is 8.70. The number of nitrogens with two attached hydrogens (primary N) is 2. The van der Waals surface area contributed by atoms with Crippen molar-refractivity contribution in [1.29, 1.82) is 0 Å². The summed E-state index contributed by atoms with van der Waals surface area (Å²) in [5.41, 5.74) is 0. The van der Waals surface area contributed by atoms with Crippen LogP contribution in [0.3, 0.4) is 0 Å². The highest BCUT2D eigenvalue weighted by Gasteiger charge is 2.01. The number of unbranched alkanes of at least 4 members (excludes halogenated alkanes) is 6. The van der Waals surface area contributed by atoms with Crippen LogP contribution in [0, 0.1) is 0 Å². The van der Waals surface area contributed by atoms with Gasteiger partial charge >= 0.3 is 11.9 Å². The Morgan fingerprint density at radius 3 is 1.24 bits per heavy atom. The molecule has 17 heavy (non-hydrogen) atoms. The Labute approximate surface area is 102 Å². The van der Waals surface area contributed by atoms with E-state index in [1.54, 1.807) is 0 Å². The first-order valence-corrected chi connectivity index (χ1v) is 6.00. The Hall–Kier alpha value is -1.14. The van der Waals surface area contributed by atoms with Gasteiger partial charge in [-0.1, -0.05) is 32.1 Å². The zero-order chi connectivity index (χ0) is 12.9. The molecule has 0 bridgehead atoms. The lowest BCUT2D eigenvalue weighted by Gasteiger charge is -2.01. The van der Waals surface area contributed by atoms with E-state index in [-0.39, 0.29) is 11.9 Å². The fraction of sp³-hybridized carbons (Fsp3) is 0.818. The molecule has 0 amide bonds. The standard InChI is InChI=1S/C11H22N2O4/c12-16-10(14)8-6-4-2-1-3-5-7-9-11(15)17-13/h1-9,12-13H2. The molecule has 0 unspecified atom stereocenters. The lowest BCUT2D eigenvalue weighted by Crippen LogP contribution is -2.09. The molecule has 4 N–H and O–H groups in total. The summed E-state index contributed by atoms with van der Waals surface area (Å²) >= 11 is 0. The van der Waals surface area contributed by atoms with E-state index in [1.807, 2.05) is 0 Å². The lowest BCUT2D eigenvalue weighted by molar-refractivity contribution is -0.145. The number of carbonyl (C=O) groups is 2. The predicted octanol–water partition coefficient (Wildman–Crippen LogP) is 1.33. The molecule has 0 aromatic rings. The van der Waals surface area contributed by atoms with Gasteiger partial charge in [-0.2, -0.15) is 11.8 Å². The van der Waals surface area contributed by atoms with Gasteiger partial charge < -0.3 is 9.68 Å². The second kappa shape index (κ2) is 11.3. The van der Waals surface area contributed by atoms with E-state index in [0.29, 0.717) is 12.8 Å². The topological polar surface area (TPSA) is 105 Å². The summed E-state index contributed by atoms with van der Waals surface area (Å²) in [6.07, 6.45) is 7.68. The molecule has 0 aliphatic heterocycles. The SMILES string of the molecule is NOC(=O)CCCCCCCCCC(=O)ON. The number of hydrogen-bond donors (Lipinski definition) is 2. The average molecular weight is 246 g/mol. The Kier molecular flexibility index (Phi) is 10.6. The fourth-order valence-corrected chi connectivity index (χ4v) is 1.54. The zero-order valence-corrected chi connectivity index (χ0v) is 10.2. The average Bonchev–Trinajstić information content (AvgIpc) is 2.35. The molecule has 0 saturated heterocycles. The van der Waals surface area contributed by atoms with Crippen molar-refractivity contribution >= 4 is 11.9 Å². The minimum absolute atomic E-state index is 0.356. The molecule has 0 spiro atoms. The van der Waals surface area contributed by atoms with E-state index in [1.165, 1.54) is 0 Å². The van der Waals surface area contributed by atoms with E-state index in [4.69, 9.17) is 11.8 Å². The minimum Gasteiger partial charge on any atom is -0.373 e. The molecule has 0 saturated carbocycles. The predicted molar refractivity (Wildman–Crippen MR) is 62.1 cm³/mol. The lowest BCUT2D eigenvalue weighted by atomic mass is 10.1. The maximum absolute atomic E-state index is 10.7. The highest BCUT2D eigenvalue weighted by molar-refractivity contribution is 5.69. The first kappa shape index (κ1) is 15.9. The molecule has 0 aliphatic rings. The van der Waals surface area contributed by atoms with Crippen LogP contribution in [0.4, 0.5) is 0 Å². The number of carbonyl (C=O) groups excluding carboxylic acids is 2. The summed E-state index contributed by atoms with van der Waals surface area (Å²) in [6.45, 7) is 0. The minimum atomic E-state index is -0.356. The smallest absolute Gasteiger partial charge is 0.324 e. The molecule has 6 heteroatoms. The summed E-state index contributed by atoms with van der Waals surface area (Å²) in [5, 5.41) is 0. The van der Waals surface area contributed by atoms with E-state index in [2.05, 4.69) is 9.68 Å². The second-order valence-corrected chi connectivity index (χ2v) is 3.95. The van der Waals surface area contributed by atoms with Gasteiger partial charge in [-0.15, -0.1) is 0 Å². The molecule has 6 nitrogen and oxygen atoms in total. The Bertz CT molecular complexity index is 200. The maximum Gasteiger partial charge on any atom is 0.324 e. The zero-order valence-electron chi connectivity index (χ0n) is 10.2. The first-order valence-electron chi connectivity index (χ1n) is 6.00. The summed E-state index contributed by atoms with van der Waals surface area (Å²) in [4.78, 5) is 29.5. The third-order valence-corrected chi connectivity index (χ3v) is 2.52. The summed E-state index contributed by atoms with van der Waals surface area (Å²) < 4.78 is 0. The maximum atomic E-state index is 10.7. The van der Waals surface area contributed by atoms with Crippen molar-refractivity contribution in [3.05, 3.63) is 0 Å². The molecule has 0 aliphatic carbocycles. The van der Waals surface area contributed by atoms with E-state index < -0.39 is 0 Å². The van der Waals surface area contributed by atoms with Gasteiger partial charge in [0, 0.05) is 12.8 Å². The molecule has 0 rings (SSSR count). The third kappa shape index (κ3) is 11.1. The monoisotopic (exact) mass is 246 g/mol. The van der Waals surface area contributed by atoms with Crippen LogP contribution >= 0.6 is 0 Å². The summed E-state index contributed by atoms with van der Waals surface area (Å²) in [7, 11) is 0. The van der Waals surface area contributed by atoms with Crippen LogP contribution in [0.25, 0.3) is 0 Å². The van der Waals surface area contributed by atoms with Gasteiger partial charge in [-0.05, 0) is 12.8 Å². The Balaban J connectivity index is 3.08. The quantitative estimate of drug-likeness (QED) is 0.445. The molecular weight excluding hydrogens is 224 g/mol. The van der Waals surface area contributed by atoms with Gasteiger partial charge in [0.25, 0.3) is 0 Å². The largest absolute Gasteiger partial charge is 0.373 e. The molecule has 100 valence electrons. The molecule has 0 atom stereocenters. The first-order chi connectivity index (χ1) is 8.20. The van der Waals surface area contributed by atoms with Gasteiger partial charge in [0.05, 0.1) is 0 Å². The van der Waals surface area contributed by atoms with E-state index in [9.17, 15) is 9.59 Å². The number of rotatable bonds is 10. The fourth-order valence-electron chi connectivity index (χ4n) is 1.54. The number of hydrogen-bond acceptors (Lipinski definition) is 6. The van der Waals surface area contributed by atoms with Gasteiger partial charge in [0.1, 0.15) is 0 Å². The van der Waals surface area contributed by atoms with Crippen molar-refractivity contribution in [2.45, 2.75) is 57.8 Å². The van der Waals surface area contributed by atoms with Crippen molar-refractivity contribution in [2.75, 3.05) is 0 Å². The van der Waals surface area contributed by atoms with E-state index in [0.717, 1.165) is 44.9 Å². The van der Waals surface area contributed by atoms with Crippen molar-refractivity contribution in [3.63, 3.8) is 0 Å². The molecule has 0 heterocycles. The third-order valence-electron chi connectivity index (χ3n) is 2.52. The van der Waals surface area contributed by atoms with Crippen molar-refractivity contribution in [3.8, 4) is 0 Å². The van der Waals surface area contributed by atoms with Crippen molar-refractivity contribution in [1.82, 2.24) is 0 Å². The van der Waals surface area contributed by atoms with Crippen LogP contribution in [-0.2, 0) is 19.3 Å². The van der Waals surface area contributed by atoms with Gasteiger partial charge in [0.2, 0.25) is 0 Å². The van der Waals surface area contributed by atoms with Crippen LogP contribution in [0.1, 0.15) is 57.8 Å². The van der Waals surface area contributed by atoms with E-state index >= 15 is 0 Å². The highest BCUT2D eigenvalue weighted by Crippen LogP contribution is 2.10. The Morgan fingerprint density at radius 1 is 0.647 bits per heavy atom. The van der Waals surface area contributed by atoms with Crippen LogP contribution < -0.4 is 11.8 Å². The van der Waals surface area contributed by atoms with Crippen LogP contribution in [0.5, 0.6) is 0 Å². The van der Waals surface area contributed by atoms with Crippen molar-refractivity contribution in [2.24, 2.45) is 11.8 Å². The summed E-state index contributed by atoms with van der Waals surface area (Å²) in [6, 6.07) is 0. The van der Waals surface area contributed by atoms with Gasteiger partial charge in [-0.3, -0.25) is 9.59 Å². The Morgan fingerprint density at radius 2 is 0.941 bits per heavy atom. The molecule has 0 aromatic heterocycles. The molecular formula is C11H22N2O4. The van der Waals surface area contributed by atoms with Crippen LogP contribution in [0.2, 0.25) is 0 Å². The van der Waals surface area contributed by atoms with Gasteiger partial charge in [0.15, 0.2) is 0 Å².